The van der Waals surface area contributed by atoms with Crippen molar-refractivity contribution in [1.82, 2.24) is 4.57 Å². The van der Waals surface area contributed by atoms with Gasteiger partial charge in [0, 0.05) is 58.6 Å². The van der Waals surface area contributed by atoms with Crippen molar-refractivity contribution in [3.05, 3.63) is 216 Å². The molecular formula is C62H41N3OS. The highest BCUT2D eigenvalue weighted by atomic mass is 32.1. The summed E-state index contributed by atoms with van der Waals surface area (Å²) >= 11 is 1.87. The Balaban J connectivity index is 1.03. The fraction of sp³-hybridized carbons (Fsp3) is 0.0968. The lowest BCUT2D eigenvalue weighted by atomic mass is 9.89. The predicted octanol–water partition coefficient (Wildman–Crippen LogP) is 16.6. The standard InChI is InChI=1S/C62H41N3OS/c1-62-35-50(62)58(47-24-14-28-56-57(47)46-23-10-13-27-55(46)67-56)63-61(45-30-29-36-15-4-5-18-40(36)41-19-6-7-20-42(41)45)64-60(62)39-32-49-44-22-9-12-26-54(44)66-59(49)53(34-39)65-51-25-11-8-21-43(51)48-31-37-16-2-3-17-38(37)33-52(48)65/h2-28,31-34,45H,29-30,35H2,1H3. The number of nitrogens with zero attached hydrogens (tertiary/aromatic N) is 3. The molecule has 0 bridgehead atoms. The van der Waals surface area contributed by atoms with Gasteiger partial charge in [-0.05, 0) is 119 Å². The lowest BCUT2D eigenvalue weighted by molar-refractivity contribution is 0.666. The van der Waals surface area contributed by atoms with Crippen LogP contribution in [0.4, 0.5) is 0 Å². The van der Waals surface area contributed by atoms with Crippen LogP contribution in [0, 0.1) is 5.41 Å². The molecule has 0 spiro atoms. The van der Waals surface area contributed by atoms with Gasteiger partial charge in [0.1, 0.15) is 11.4 Å². The third-order valence-corrected chi connectivity index (χ3v) is 16.3. The summed E-state index contributed by atoms with van der Waals surface area (Å²) in [6.07, 6.45) is 2.72. The van der Waals surface area contributed by atoms with Crippen LogP contribution in [0.3, 0.4) is 0 Å². The molecule has 12 aromatic rings. The number of thiophene rings is 1. The Labute approximate surface area is 390 Å². The quantitative estimate of drug-likeness (QED) is 0.174. The molecule has 9 aromatic carbocycles. The van der Waals surface area contributed by atoms with Gasteiger partial charge in [-0.1, -0.05) is 140 Å². The summed E-state index contributed by atoms with van der Waals surface area (Å²) < 4.78 is 12.0. The first kappa shape index (κ1) is 37.4. The van der Waals surface area contributed by atoms with Crippen LogP contribution in [0.2, 0.25) is 0 Å². The van der Waals surface area contributed by atoms with E-state index >= 15 is 0 Å². The molecule has 2 unspecified atom stereocenters. The molecule has 3 aliphatic rings. The van der Waals surface area contributed by atoms with Crippen molar-refractivity contribution >= 4 is 103 Å². The zero-order valence-corrected chi connectivity index (χ0v) is 37.6. The highest BCUT2D eigenvalue weighted by molar-refractivity contribution is 7.25. The Kier molecular flexibility index (Phi) is 7.72. The molecule has 4 heterocycles. The second kappa shape index (κ2) is 13.8. The normalized spacial score (nSPS) is 18.1. The first-order valence-electron chi connectivity index (χ1n) is 23.4. The van der Waals surface area contributed by atoms with Crippen LogP contribution in [-0.2, 0) is 6.42 Å². The van der Waals surface area contributed by atoms with Gasteiger partial charge >= 0.3 is 0 Å². The summed E-state index contributed by atoms with van der Waals surface area (Å²) in [6, 6.07) is 69.0. The maximum Gasteiger partial charge on any atom is 0.159 e. The molecule has 3 aromatic heterocycles. The van der Waals surface area contributed by atoms with Crippen LogP contribution in [-0.4, -0.2) is 16.1 Å². The van der Waals surface area contributed by atoms with Gasteiger partial charge in [0.2, 0.25) is 0 Å². The molecule has 15 rings (SSSR count). The van der Waals surface area contributed by atoms with Crippen molar-refractivity contribution in [2.24, 2.45) is 15.4 Å². The van der Waals surface area contributed by atoms with Crippen molar-refractivity contribution in [3.8, 4) is 16.8 Å². The van der Waals surface area contributed by atoms with E-state index < -0.39 is 0 Å². The van der Waals surface area contributed by atoms with Crippen LogP contribution in [0.1, 0.15) is 47.9 Å². The van der Waals surface area contributed by atoms with Gasteiger partial charge in [0.15, 0.2) is 5.58 Å². The lowest BCUT2D eigenvalue weighted by Crippen LogP contribution is -2.19. The van der Waals surface area contributed by atoms with Crippen molar-refractivity contribution in [2.75, 3.05) is 0 Å². The molecule has 1 fully saturated rings. The van der Waals surface area contributed by atoms with Crippen LogP contribution in [0.5, 0.6) is 0 Å². The minimum Gasteiger partial charge on any atom is -0.454 e. The molecule has 67 heavy (non-hydrogen) atoms. The highest BCUT2D eigenvalue weighted by Gasteiger charge is 2.53. The summed E-state index contributed by atoms with van der Waals surface area (Å²) in [7, 11) is 0. The molecular weight excluding hydrogens is 835 g/mol. The van der Waals surface area contributed by atoms with Crippen molar-refractivity contribution in [1.29, 1.82) is 0 Å². The average Bonchev–Trinajstić information content (AvgIpc) is 3.63. The number of fused-ring (bicyclic) bond motifs is 14. The Morgan fingerprint density at radius 2 is 1.30 bits per heavy atom. The minimum atomic E-state index is -0.358. The largest absolute Gasteiger partial charge is 0.454 e. The molecule has 1 saturated carbocycles. The molecule has 316 valence electrons. The number of amidine groups is 1. The molecule has 1 aliphatic heterocycles. The van der Waals surface area contributed by atoms with E-state index in [0.717, 1.165) is 80.7 Å². The maximum atomic E-state index is 6.97. The van der Waals surface area contributed by atoms with Gasteiger partial charge in [-0.3, -0.25) is 0 Å². The number of allylic oxidation sites excluding steroid dienone is 1. The summed E-state index contributed by atoms with van der Waals surface area (Å²) in [6.45, 7) is 2.41. The van der Waals surface area contributed by atoms with Gasteiger partial charge in [0.25, 0.3) is 0 Å². The summed E-state index contributed by atoms with van der Waals surface area (Å²) in [5.41, 5.74) is 15.7. The number of hydrogen-bond acceptors (Lipinski definition) is 4. The highest BCUT2D eigenvalue weighted by Crippen LogP contribution is 2.60. The summed E-state index contributed by atoms with van der Waals surface area (Å²) in [5.74, 6) is 0.849. The maximum absolute atomic E-state index is 6.97. The monoisotopic (exact) mass is 875 g/mol. The molecule has 2 atom stereocenters. The summed E-state index contributed by atoms with van der Waals surface area (Å²) in [5, 5.41) is 9.62. The second-order valence-corrected chi connectivity index (χ2v) is 20.0. The Morgan fingerprint density at radius 1 is 0.582 bits per heavy atom. The number of rotatable bonds is 4. The lowest BCUT2D eigenvalue weighted by Gasteiger charge is -2.20. The first-order valence-corrected chi connectivity index (χ1v) is 24.3. The van der Waals surface area contributed by atoms with Gasteiger partial charge in [-0.25, -0.2) is 9.98 Å². The zero-order chi connectivity index (χ0) is 44.0. The van der Waals surface area contributed by atoms with E-state index in [-0.39, 0.29) is 11.3 Å². The number of aliphatic imine (C=N–C) groups is 2. The third-order valence-electron chi connectivity index (χ3n) is 15.2. The van der Waals surface area contributed by atoms with Gasteiger partial charge in [0.05, 0.1) is 28.1 Å². The number of para-hydroxylation sites is 2. The van der Waals surface area contributed by atoms with E-state index in [1.54, 1.807) is 0 Å². The van der Waals surface area contributed by atoms with E-state index in [1.165, 1.54) is 75.1 Å². The number of furan rings is 1. The summed E-state index contributed by atoms with van der Waals surface area (Å²) in [4.78, 5) is 11.9. The van der Waals surface area contributed by atoms with Gasteiger partial charge < -0.3 is 8.98 Å². The van der Waals surface area contributed by atoms with E-state index in [2.05, 4.69) is 200 Å². The van der Waals surface area contributed by atoms with E-state index in [0.29, 0.717) is 0 Å². The van der Waals surface area contributed by atoms with Gasteiger partial charge in [-0.15, -0.1) is 11.3 Å². The number of benzene rings is 9. The van der Waals surface area contributed by atoms with Crippen LogP contribution >= 0.6 is 11.3 Å². The second-order valence-electron chi connectivity index (χ2n) is 18.9. The molecule has 2 aliphatic carbocycles. The topological polar surface area (TPSA) is 42.8 Å². The van der Waals surface area contributed by atoms with Crippen molar-refractivity contribution in [2.45, 2.75) is 32.1 Å². The predicted molar refractivity (Wildman–Crippen MR) is 281 cm³/mol. The molecule has 0 amide bonds. The fourth-order valence-electron chi connectivity index (χ4n) is 11.9. The number of aryl methyl sites for hydroxylation is 1. The molecule has 0 N–H and O–H groups in total. The van der Waals surface area contributed by atoms with Crippen LogP contribution < -0.4 is 0 Å². The smallest absolute Gasteiger partial charge is 0.159 e. The zero-order valence-electron chi connectivity index (χ0n) is 36.8. The van der Waals surface area contributed by atoms with E-state index in [9.17, 15) is 0 Å². The SMILES string of the molecule is CC12CC1=C(c1cccc3sc4ccccc4c13)N=C(C1CCc3ccccc3-c3ccccc31)N=C2c1cc(-n2c3ccccc3c3cc4ccccc4cc32)c2oc3ccccc3c2c1. The Morgan fingerprint density at radius 3 is 2.21 bits per heavy atom. The fourth-order valence-corrected chi connectivity index (χ4v) is 13.0. The number of aromatic nitrogens is 1. The minimum absolute atomic E-state index is 0.0303. The number of hydrogen-bond donors (Lipinski definition) is 0. The molecule has 4 nitrogen and oxygen atoms in total. The third kappa shape index (κ3) is 5.40. The van der Waals surface area contributed by atoms with Crippen LogP contribution in [0.15, 0.2) is 208 Å². The average molecular weight is 876 g/mol. The van der Waals surface area contributed by atoms with Crippen molar-refractivity contribution < 1.29 is 4.42 Å². The first-order chi connectivity index (χ1) is 33.1. The Bertz CT molecular complexity index is 4230. The molecule has 5 heteroatoms. The van der Waals surface area contributed by atoms with Gasteiger partial charge in [-0.2, -0.15) is 0 Å². The van der Waals surface area contributed by atoms with E-state index in [1.807, 2.05) is 11.3 Å². The Hall–Kier alpha value is -7.86. The molecule has 0 saturated heterocycles. The van der Waals surface area contributed by atoms with Crippen LogP contribution in [0.25, 0.3) is 97.2 Å². The van der Waals surface area contributed by atoms with E-state index in [4.69, 9.17) is 14.4 Å². The molecule has 0 radical (unpaired) electrons. The van der Waals surface area contributed by atoms with Crippen molar-refractivity contribution in [3.63, 3.8) is 0 Å².